The monoisotopic (exact) mass is 430 g/mol. The molecule has 7 heteroatoms. The molecule has 1 aliphatic rings. The van der Waals surface area contributed by atoms with E-state index in [0.29, 0.717) is 17.9 Å². The Balaban J connectivity index is 1.73. The molecule has 3 rings (SSSR count). The van der Waals surface area contributed by atoms with E-state index >= 15 is 0 Å². The fourth-order valence-corrected chi connectivity index (χ4v) is 5.41. The summed E-state index contributed by atoms with van der Waals surface area (Å²) in [6.07, 6.45) is 3.59. The highest BCUT2D eigenvalue weighted by Crippen LogP contribution is 2.33. The molecular weight excluding hydrogens is 400 g/mol. The molecule has 0 aliphatic carbocycles. The summed E-state index contributed by atoms with van der Waals surface area (Å²) in [5.74, 6) is 0.322. The molecule has 6 nitrogen and oxygen atoms in total. The number of aryl methyl sites for hydroxylation is 2. The minimum atomic E-state index is -3.67. The first kappa shape index (κ1) is 22.2. The molecule has 1 N–H and O–H groups in total. The normalized spacial score (nSPS) is 14.7. The molecule has 1 amide bonds. The molecule has 0 radical (unpaired) electrons. The zero-order valence-corrected chi connectivity index (χ0v) is 18.7. The summed E-state index contributed by atoms with van der Waals surface area (Å²) in [5, 5.41) is 2.89. The van der Waals surface area contributed by atoms with Crippen LogP contribution in [0.4, 0.5) is 5.69 Å². The second-order valence-corrected chi connectivity index (χ2v) is 9.64. The molecule has 1 aliphatic heterocycles. The van der Waals surface area contributed by atoms with E-state index in [4.69, 9.17) is 4.74 Å². The molecule has 0 saturated carbocycles. The standard InChI is InChI=1S/C23H30N2O4S/c1-4-8-18(3)24-23(26)16-29-22-13-12-20(15-17(22)2)30(27,28)25-14-7-10-19-9-5-6-11-21(19)25/h5-6,9,11-13,15,18H,4,7-8,10,14,16H2,1-3H3,(H,24,26)/t18-/m0/s1. The molecule has 1 heterocycles. The molecular formula is C23H30N2O4S. The van der Waals surface area contributed by atoms with Crippen LogP contribution in [0.5, 0.6) is 5.75 Å². The zero-order chi connectivity index (χ0) is 21.7. The SMILES string of the molecule is CCC[C@H](C)NC(=O)COc1ccc(S(=O)(=O)N2CCCc3ccccc32)cc1C. The van der Waals surface area contributed by atoms with Crippen molar-refractivity contribution in [1.29, 1.82) is 0 Å². The lowest BCUT2D eigenvalue weighted by Crippen LogP contribution is -2.36. The number of nitrogens with one attached hydrogen (secondary N) is 1. The molecule has 162 valence electrons. The Hall–Kier alpha value is -2.54. The van der Waals surface area contributed by atoms with E-state index in [1.807, 2.05) is 31.2 Å². The number of amides is 1. The number of rotatable bonds is 8. The fraction of sp³-hybridized carbons (Fsp3) is 0.435. The molecule has 0 spiro atoms. The van der Waals surface area contributed by atoms with Gasteiger partial charge in [0.1, 0.15) is 5.75 Å². The second kappa shape index (κ2) is 9.51. The highest BCUT2D eigenvalue weighted by molar-refractivity contribution is 7.92. The van der Waals surface area contributed by atoms with Crippen LogP contribution in [0.3, 0.4) is 0 Å². The molecule has 0 bridgehead atoms. The molecule has 0 unspecified atom stereocenters. The van der Waals surface area contributed by atoms with Crippen molar-refractivity contribution >= 4 is 21.6 Å². The third-order valence-electron chi connectivity index (χ3n) is 5.29. The summed E-state index contributed by atoms with van der Waals surface area (Å²) in [5.41, 5.74) is 2.47. The average Bonchev–Trinajstić information content (AvgIpc) is 2.72. The molecule has 30 heavy (non-hydrogen) atoms. The summed E-state index contributed by atoms with van der Waals surface area (Å²) < 4.78 is 33.7. The number of sulfonamides is 1. The van der Waals surface area contributed by atoms with Crippen LogP contribution in [0.1, 0.15) is 44.2 Å². The van der Waals surface area contributed by atoms with E-state index in [2.05, 4.69) is 12.2 Å². The molecule has 2 aromatic rings. The predicted octanol–water partition coefficient (Wildman–Crippen LogP) is 3.82. The Labute approximate surface area is 179 Å². The van der Waals surface area contributed by atoms with Crippen molar-refractivity contribution in [3.8, 4) is 5.75 Å². The number of hydrogen-bond acceptors (Lipinski definition) is 4. The highest BCUT2D eigenvalue weighted by Gasteiger charge is 2.29. The van der Waals surface area contributed by atoms with E-state index in [1.54, 1.807) is 25.1 Å². The van der Waals surface area contributed by atoms with Crippen LogP contribution < -0.4 is 14.4 Å². The van der Waals surface area contributed by atoms with Gasteiger partial charge in [-0.15, -0.1) is 0 Å². The van der Waals surface area contributed by atoms with Gasteiger partial charge in [-0.05, 0) is 68.5 Å². The Kier molecular flexibility index (Phi) is 7.02. The van der Waals surface area contributed by atoms with Crippen LogP contribution in [-0.4, -0.2) is 33.5 Å². The van der Waals surface area contributed by atoms with Crippen molar-refractivity contribution in [1.82, 2.24) is 5.32 Å². The van der Waals surface area contributed by atoms with Crippen LogP contribution >= 0.6 is 0 Å². The van der Waals surface area contributed by atoms with E-state index < -0.39 is 10.0 Å². The van der Waals surface area contributed by atoms with Gasteiger partial charge in [0, 0.05) is 12.6 Å². The third-order valence-corrected chi connectivity index (χ3v) is 7.10. The zero-order valence-electron chi connectivity index (χ0n) is 17.8. The number of nitrogens with zero attached hydrogens (tertiary/aromatic N) is 1. The lowest BCUT2D eigenvalue weighted by atomic mass is 10.0. The summed E-state index contributed by atoms with van der Waals surface area (Å²) in [4.78, 5) is 12.3. The van der Waals surface area contributed by atoms with Gasteiger partial charge in [-0.25, -0.2) is 8.42 Å². The van der Waals surface area contributed by atoms with Gasteiger partial charge in [0.2, 0.25) is 0 Å². The Morgan fingerprint density at radius 1 is 1.23 bits per heavy atom. The Morgan fingerprint density at radius 2 is 2.00 bits per heavy atom. The largest absolute Gasteiger partial charge is 0.484 e. The van der Waals surface area contributed by atoms with Gasteiger partial charge in [0.25, 0.3) is 15.9 Å². The van der Waals surface area contributed by atoms with Gasteiger partial charge in [0.15, 0.2) is 6.61 Å². The number of carbonyl (C=O) groups is 1. The maximum absolute atomic E-state index is 13.3. The first-order valence-corrected chi connectivity index (χ1v) is 11.9. The number of para-hydroxylation sites is 1. The van der Waals surface area contributed by atoms with Crippen molar-refractivity contribution < 1.29 is 17.9 Å². The average molecular weight is 431 g/mol. The second-order valence-electron chi connectivity index (χ2n) is 7.78. The lowest BCUT2D eigenvalue weighted by molar-refractivity contribution is -0.123. The van der Waals surface area contributed by atoms with Gasteiger partial charge in [-0.3, -0.25) is 9.10 Å². The van der Waals surface area contributed by atoms with E-state index in [-0.39, 0.29) is 23.5 Å². The smallest absolute Gasteiger partial charge is 0.264 e. The van der Waals surface area contributed by atoms with Crippen molar-refractivity contribution in [2.75, 3.05) is 17.5 Å². The number of anilines is 1. The van der Waals surface area contributed by atoms with Gasteiger partial charge < -0.3 is 10.1 Å². The lowest BCUT2D eigenvalue weighted by Gasteiger charge is -2.30. The molecule has 0 fully saturated rings. The molecule has 0 saturated heterocycles. The topological polar surface area (TPSA) is 75.7 Å². The van der Waals surface area contributed by atoms with Crippen molar-refractivity contribution in [2.45, 2.75) is 57.4 Å². The first-order chi connectivity index (χ1) is 14.3. The maximum Gasteiger partial charge on any atom is 0.264 e. The van der Waals surface area contributed by atoms with E-state index in [1.165, 1.54) is 4.31 Å². The van der Waals surface area contributed by atoms with Crippen molar-refractivity contribution in [3.05, 3.63) is 53.6 Å². The first-order valence-electron chi connectivity index (χ1n) is 10.5. The predicted molar refractivity (Wildman–Crippen MR) is 118 cm³/mol. The maximum atomic E-state index is 13.3. The van der Waals surface area contributed by atoms with Crippen molar-refractivity contribution in [3.63, 3.8) is 0 Å². The summed E-state index contributed by atoms with van der Waals surface area (Å²) in [6.45, 7) is 6.19. The van der Waals surface area contributed by atoms with Gasteiger partial charge in [-0.1, -0.05) is 31.5 Å². The van der Waals surface area contributed by atoms with Crippen LogP contribution in [0.2, 0.25) is 0 Å². The van der Waals surface area contributed by atoms with Crippen LogP contribution in [-0.2, 0) is 21.2 Å². The summed E-state index contributed by atoms with van der Waals surface area (Å²) in [6, 6.07) is 12.5. The number of carbonyl (C=O) groups excluding carboxylic acids is 1. The molecule has 0 aromatic heterocycles. The molecule has 2 aromatic carbocycles. The summed E-state index contributed by atoms with van der Waals surface area (Å²) >= 11 is 0. The number of benzene rings is 2. The van der Waals surface area contributed by atoms with Gasteiger partial charge >= 0.3 is 0 Å². The number of ether oxygens (including phenoxy) is 1. The third kappa shape index (κ3) is 4.95. The minimum Gasteiger partial charge on any atom is -0.484 e. The quantitative estimate of drug-likeness (QED) is 0.691. The molecule has 1 atom stereocenters. The Bertz CT molecular complexity index is 1000. The van der Waals surface area contributed by atoms with Gasteiger partial charge in [0.05, 0.1) is 10.6 Å². The van der Waals surface area contributed by atoms with Crippen LogP contribution in [0.15, 0.2) is 47.4 Å². The number of hydrogen-bond donors (Lipinski definition) is 1. The van der Waals surface area contributed by atoms with Crippen LogP contribution in [0.25, 0.3) is 0 Å². The summed E-state index contributed by atoms with van der Waals surface area (Å²) in [7, 11) is -3.67. The fourth-order valence-electron chi connectivity index (χ4n) is 3.79. The Morgan fingerprint density at radius 3 is 2.73 bits per heavy atom. The van der Waals surface area contributed by atoms with Crippen LogP contribution in [0, 0.1) is 6.92 Å². The minimum absolute atomic E-state index is 0.0967. The van der Waals surface area contributed by atoms with Gasteiger partial charge in [-0.2, -0.15) is 0 Å². The van der Waals surface area contributed by atoms with E-state index in [0.717, 1.165) is 36.9 Å². The van der Waals surface area contributed by atoms with E-state index in [9.17, 15) is 13.2 Å². The van der Waals surface area contributed by atoms with Crippen molar-refractivity contribution in [2.24, 2.45) is 0 Å². The highest BCUT2D eigenvalue weighted by atomic mass is 32.2. The number of fused-ring (bicyclic) bond motifs is 1.